The maximum atomic E-state index is 4.12. The molecular formula is C15H20N2. The Kier molecular flexibility index (Phi) is 2.77. The minimum Gasteiger partial charge on any atom is -0.313 e. The van der Waals surface area contributed by atoms with E-state index in [4.69, 9.17) is 0 Å². The molecule has 2 heteroatoms. The van der Waals surface area contributed by atoms with E-state index in [0.29, 0.717) is 12.1 Å². The number of aryl methyl sites for hydroxylation is 1. The van der Waals surface area contributed by atoms with Gasteiger partial charge in [0.1, 0.15) is 0 Å². The van der Waals surface area contributed by atoms with Gasteiger partial charge in [0.15, 0.2) is 0 Å². The SMILES string of the molecule is C=C1CCc2cc(C3CNCC(C)N3)ccc21. The molecule has 90 valence electrons. The Hall–Kier alpha value is -1.12. The minimum atomic E-state index is 0.456. The first-order valence-electron chi connectivity index (χ1n) is 6.52. The summed E-state index contributed by atoms with van der Waals surface area (Å²) in [6, 6.07) is 7.88. The maximum Gasteiger partial charge on any atom is 0.0449 e. The van der Waals surface area contributed by atoms with Gasteiger partial charge in [-0.3, -0.25) is 0 Å². The summed E-state index contributed by atoms with van der Waals surface area (Å²) in [4.78, 5) is 0. The van der Waals surface area contributed by atoms with Gasteiger partial charge in [-0.2, -0.15) is 0 Å². The molecule has 0 bridgehead atoms. The summed E-state index contributed by atoms with van der Waals surface area (Å²) in [6.07, 6.45) is 2.29. The zero-order valence-electron chi connectivity index (χ0n) is 10.4. The van der Waals surface area contributed by atoms with E-state index in [1.54, 1.807) is 0 Å². The number of hydrogen-bond acceptors (Lipinski definition) is 2. The van der Waals surface area contributed by atoms with E-state index in [1.165, 1.54) is 22.3 Å². The Morgan fingerprint density at radius 3 is 2.94 bits per heavy atom. The van der Waals surface area contributed by atoms with Crippen LogP contribution < -0.4 is 10.6 Å². The van der Waals surface area contributed by atoms with E-state index in [1.807, 2.05) is 0 Å². The first-order valence-corrected chi connectivity index (χ1v) is 6.52. The minimum absolute atomic E-state index is 0.456. The molecule has 1 aliphatic carbocycles. The van der Waals surface area contributed by atoms with Gasteiger partial charge in [-0.15, -0.1) is 0 Å². The predicted molar refractivity (Wildman–Crippen MR) is 72.0 cm³/mol. The van der Waals surface area contributed by atoms with Crippen LogP contribution in [0.5, 0.6) is 0 Å². The van der Waals surface area contributed by atoms with Crippen molar-refractivity contribution in [2.75, 3.05) is 13.1 Å². The fraction of sp³-hybridized carbons (Fsp3) is 0.467. The molecule has 0 spiro atoms. The Balaban J connectivity index is 1.87. The topological polar surface area (TPSA) is 24.1 Å². The summed E-state index contributed by atoms with van der Waals surface area (Å²) < 4.78 is 0. The van der Waals surface area contributed by atoms with Gasteiger partial charge in [-0.25, -0.2) is 0 Å². The lowest BCUT2D eigenvalue weighted by Gasteiger charge is -2.30. The molecule has 1 aliphatic heterocycles. The molecule has 17 heavy (non-hydrogen) atoms. The number of fused-ring (bicyclic) bond motifs is 1. The van der Waals surface area contributed by atoms with Crippen molar-refractivity contribution < 1.29 is 0 Å². The highest BCUT2D eigenvalue weighted by Crippen LogP contribution is 2.32. The van der Waals surface area contributed by atoms with Crippen LogP contribution in [-0.2, 0) is 6.42 Å². The van der Waals surface area contributed by atoms with Crippen molar-refractivity contribution in [1.82, 2.24) is 10.6 Å². The van der Waals surface area contributed by atoms with Crippen LogP contribution in [0.25, 0.3) is 5.57 Å². The highest BCUT2D eigenvalue weighted by atomic mass is 15.1. The number of hydrogen-bond donors (Lipinski definition) is 2. The largest absolute Gasteiger partial charge is 0.313 e. The third-order valence-corrected chi connectivity index (χ3v) is 3.89. The van der Waals surface area contributed by atoms with Crippen molar-refractivity contribution in [3.8, 4) is 0 Å². The quantitative estimate of drug-likeness (QED) is 0.770. The maximum absolute atomic E-state index is 4.12. The van der Waals surface area contributed by atoms with Crippen molar-refractivity contribution >= 4 is 5.57 Å². The van der Waals surface area contributed by atoms with Crippen LogP contribution in [0.4, 0.5) is 0 Å². The highest BCUT2D eigenvalue weighted by Gasteiger charge is 2.21. The molecule has 2 atom stereocenters. The fourth-order valence-electron chi connectivity index (χ4n) is 2.92. The summed E-state index contributed by atoms with van der Waals surface area (Å²) in [5.74, 6) is 0. The van der Waals surface area contributed by atoms with Crippen molar-refractivity contribution in [2.24, 2.45) is 0 Å². The van der Waals surface area contributed by atoms with Crippen LogP contribution in [0.1, 0.15) is 36.1 Å². The lowest BCUT2D eigenvalue weighted by Crippen LogP contribution is -2.48. The van der Waals surface area contributed by atoms with Crippen molar-refractivity contribution in [3.63, 3.8) is 0 Å². The van der Waals surface area contributed by atoms with Crippen molar-refractivity contribution in [2.45, 2.75) is 31.8 Å². The number of benzene rings is 1. The average molecular weight is 228 g/mol. The van der Waals surface area contributed by atoms with Crippen LogP contribution in [0.3, 0.4) is 0 Å². The molecule has 0 amide bonds. The highest BCUT2D eigenvalue weighted by molar-refractivity contribution is 5.71. The zero-order valence-corrected chi connectivity index (χ0v) is 10.4. The average Bonchev–Trinajstić information content (AvgIpc) is 2.71. The first kappa shape index (κ1) is 11.0. The van der Waals surface area contributed by atoms with E-state index in [-0.39, 0.29) is 0 Å². The molecule has 2 N–H and O–H groups in total. The molecule has 1 aromatic rings. The van der Waals surface area contributed by atoms with Gasteiger partial charge < -0.3 is 10.6 Å². The molecule has 0 aromatic heterocycles. The van der Waals surface area contributed by atoms with Crippen LogP contribution in [0.15, 0.2) is 24.8 Å². The molecule has 1 saturated heterocycles. The molecule has 0 saturated carbocycles. The van der Waals surface area contributed by atoms with E-state index in [2.05, 4.69) is 42.3 Å². The Morgan fingerprint density at radius 2 is 2.12 bits per heavy atom. The summed E-state index contributed by atoms with van der Waals surface area (Å²) in [5, 5.41) is 7.13. The third kappa shape index (κ3) is 2.03. The van der Waals surface area contributed by atoms with Gasteiger partial charge in [-0.1, -0.05) is 24.8 Å². The van der Waals surface area contributed by atoms with Crippen LogP contribution >= 0.6 is 0 Å². The second kappa shape index (κ2) is 4.28. The second-order valence-corrected chi connectivity index (χ2v) is 5.30. The van der Waals surface area contributed by atoms with E-state index >= 15 is 0 Å². The summed E-state index contributed by atoms with van der Waals surface area (Å²) in [7, 11) is 0. The van der Waals surface area contributed by atoms with Gasteiger partial charge in [-0.05, 0) is 42.0 Å². The van der Waals surface area contributed by atoms with Gasteiger partial charge in [0, 0.05) is 25.2 Å². The Labute approximate surface area is 103 Å². The van der Waals surface area contributed by atoms with Crippen LogP contribution in [0, 0.1) is 0 Å². The zero-order chi connectivity index (χ0) is 11.8. The molecular weight excluding hydrogens is 208 g/mol. The smallest absolute Gasteiger partial charge is 0.0449 e. The molecule has 1 heterocycles. The van der Waals surface area contributed by atoms with Crippen LogP contribution in [-0.4, -0.2) is 19.1 Å². The molecule has 3 rings (SSSR count). The molecule has 1 fully saturated rings. The first-order chi connectivity index (χ1) is 8.24. The van der Waals surface area contributed by atoms with Gasteiger partial charge >= 0.3 is 0 Å². The van der Waals surface area contributed by atoms with Gasteiger partial charge in [0.25, 0.3) is 0 Å². The standard InChI is InChI=1S/C15H20N2/c1-10-3-4-12-7-13(5-6-14(10)12)15-9-16-8-11(2)17-15/h5-7,11,15-17H,1,3-4,8-9H2,2H3. The lowest BCUT2D eigenvalue weighted by atomic mass is 9.98. The normalized spacial score (nSPS) is 28.2. The summed E-state index contributed by atoms with van der Waals surface area (Å²) in [6.45, 7) is 8.45. The molecule has 2 unspecified atom stereocenters. The van der Waals surface area contributed by atoms with Crippen molar-refractivity contribution in [1.29, 1.82) is 0 Å². The van der Waals surface area contributed by atoms with Gasteiger partial charge in [0.2, 0.25) is 0 Å². The fourth-order valence-corrected chi connectivity index (χ4v) is 2.92. The molecule has 1 aromatic carbocycles. The number of rotatable bonds is 1. The van der Waals surface area contributed by atoms with Crippen LogP contribution in [0.2, 0.25) is 0 Å². The third-order valence-electron chi connectivity index (χ3n) is 3.89. The number of nitrogens with one attached hydrogen (secondary N) is 2. The number of piperazine rings is 1. The number of allylic oxidation sites excluding steroid dienone is 1. The molecule has 2 aliphatic rings. The van der Waals surface area contributed by atoms with Crippen molar-refractivity contribution in [3.05, 3.63) is 41.5 Å². The lowest BCUT2D eigenvalue weighted by molar-refractivity contribution is 0.360. The monoisotopic (exact) mass is 228 g/mol. The van der Waals surface area contributed by atoms with E-state index in [9.17, 15) is 0 Å². The van der Waals surface area contributed by atoms with E-state index < -0.39 is 0 Å². The van der Waals surface area contributed by atoms with E-state index in [0.717, 1.165) is 25.9 Å². The van der Waals surface area contributed by atoms with Gasteiger partial charge in [0.05, 0.1) is 0 Å². The summed E-state index contributed by atoms with van der Waals surface area (Å²) in [5.41, 5.74) is 5.57. The predicted octanol–water partition coefficient (Wildman–Crippen LogP) is 2.27. The Bertz CT molecular complexity index is 450. The second-order valence-electron chi connectivity index (χ2n) is 5.30. The molecule has 0 radical (unpaired) electrons. The summed E-state index contributed by atoms with van der Waals surface area (Å²) >= 11 is 0. The Morgan fingerprint density at radius 1 is 1.24 bits per heavy atom. The molecule has 2 nitrogen and oxygen atoms in total.